The van der Waals surface area contributed by atoms with E-state index < -0.39 is 5.92 Å². The minimum absolute atomic E-state index is 0.0503. The number of hydrogen-bond acceptors (Lipinski definition) is 4. The lowest BCUT2D eigenvalue weighted by molar-refractivity contribution is -0.125. The van der Waals surface area contributed by atoms with Crippen LogP contribution in [0.5, 0.6) is 5.75 Å². The summed E-state index contributed by atoms with van der Waals surface area (Å²) < 4.78 is 5.77. The highest BCUT2D eigenvalue weighted by molar-refractivity contribution is 6.35. The number of halogens is 2. The Bertz CT molecular complexity index is 1210. The summed E-state index contributed by atoms with van der Waals surface area (Å²) in [6, 6.07) is 18.3. The van der Waals surface area contributed by atoms with E-state index in [1.807, 2.05) is 38.1 Å². The Morgan fingerprint density at radius 2 is 1.79 bits per heavy atom. The highest BCUT2D eigenvalue weighted by Gasteiger charge is 2.35. The molecule has 8 heteroatoms. The molecule has 1 heterocycles. The zero-order valence-corrected chi connectivity index (χ0v) is 20.4. The number of hydrazine groups is 1. The van der Waals surface area contributed by atoms with E-state index in [0.29, 0.717) is 34.6 Å². The van der Waals surface area contributed by atoms with Crippen LogP contribution in [0.2, 0.25) is 10.0 Å². The van der Waals surface area contributed by atoms with Crippen molar-refractivity contribution in [3.05, 3.63) is 87.4 Å². The first kappa shape index (κ1) is 23.9. The van der Waals surface area contributed by atoms with Crippen molar-refractivity contribution in [1.29, 1.82) is 0 Å². The molecule has 176 valence electrons. The largest absolute Gasteiger partial charge is 0.489 e. The van der Waals surface area contributed by atoms with E-state index in [0.717, 1.165) is 16.8 Å². The van der Waals surface area contributed by atoms with E-state index in [1.165, 1.54) is 5.56 Å². The van der Waals surface area contributed by atoms with Crippen molar-refractivity contribution in [2.24, 2.45) is 5.92 Å². The maximum atomic E-state index is 12.6. The summed E-state index contributed by atoms with van der Waals surface area (Å²) in [4.78, 5) is 26.8. The topological polar surface area (TPSA) is 70.7 Å². The summed E-state index contributed by atoms with van der Waals surface area (Å²) in [6.45, 7) is 4.71. The van der Waals surface area contributed by atoms with Gasteiger partial charge in [-0.2, -0.15) is 0 Å². The first-order chi connectivity index (χ1) is 16.3. The van der Waals surface area contributed by atoms with Crippen LogP contribution >= 0.6 is 23.2 Å². The standard InChI is InChI=1S/C26H25Cl2N3O3/c1-16-3-8-22(11-17(16)2)31-14-19(12-25(31)32)26(33)30-29-21-6-9-23(10-7-21)34-15-18-4-5-20(27)13-24(18)28/h3-11,13,19,29H,12,14-15H2,1-2H3,(H,30,33)/t19-/m1/s1. The molecule has 0 bridgehead atoms. The smallest absolute Gasteiger partial charge is 0.243 e. The summed E-state index contributed by atoms with van der Waals surface area (Å²) in [5, 5.41) is 1.13. The molecule has 0 radical (unpaired) electrons. The average Bonchev–Trinajstić information content (AvgIpc) is 3.21. The van der Waals surface area contributed by atoms with Crippen molar-refractivity contribution in [3.8, 4) is 5.75 Å². The third-order valence-corrected chi connectivity index (χ3v) is 6.48. The molecule has 0 saturated carbocycles. The third-order valence-electron chi connectivity index (χ3n) is 5.89. The molecular weight excluding hydrogens is 473 g/mol. The monoisotopic (exact) mass is 497 g/mol. The van der Waals surface area contributed by atoms with Gasteiger partial charge in [-0.05, 0) is 73.5 Å². The number of carbonyl (C=O) groups is 2. The number of benzene rings is 3. The van der Waals surface area contributed by atoms with Gasteiger partial charge in [-0.1, -0.05) is 35.3 Å². The number of ether oxygens (including phenoxy) is 1. The third kappa shape index (κ3) is 5.64. The van der Waals surface area contributed by atoms with Crippen molar-refractivity contribution < 1.29 is 14.3 Å². The predicted molar refractivity (Wildman–Crippen MR) is 135 cm³/mol. The van der Waals surface area contributed by atoms with Crippen molar-refractivity contribution in [3.63, 3.8) is 0 Å². The maximum Gasteiger partial charge on any atom is 0.243 e. The van der Waals surface area contributed by atoms with Crippen LogP contribution in [0, 0.1) is 19.8 Å². The molecule has 1 aliphatic rings. The molecule has 1 atom stereocenters. The molecule has 1 aliphatic heterocycles. The zero-order chi connectivity index (χ0) is 24.2. The Kier molecular flexibility index (Phi) is 7.29. The molecular formula is C26H25Cl2N3O3. The maximum absolute atomic E-state index is 12.6. The quantitative estimate of drug-likeness (QED) is 0.411. The minimum Gasteiger partial charge on any atom is -0.489 e. The average molecular weight is 498 g/mol. The molecule has 1 fully saturated rings. The number of aryl methyl sites for hydroxylation is 2. The molecule has 0 aromatic heterocycles. The molecule has 2 amide bonds. The van der Waals surface area contributed by atoms with Crippen LogP contribution in [0.4, 0.5) is 11.4 Å². The fraction of sp³-hybridized carbons (Fsp3) is 0.231. The van der Waals surface area contributed by atoms with E-state index in [4.69, 9.17) is 27.9 Å². The number of rotatable bonds is 7. The lowest BCUT2D eigenvalue weighted by Gasteiger charge is -2.18. The van der Waals surface area contributed by atoms with Crippen LogP contribution in [-0.4, -0.2) is 18.4 Å². The predicted octanol–water partition coefficient (Wildman–Crippen LogP) is 5.69. The second-order valence-corrected chi connectivity index (χ2v) is 9.18. The van der Waals surface area contributed by atoms with Gasteiger partial charge in [0.1, 0.15) is 12.4 Å². The summed E-state index contributed by atoms with van der Waals surface area (Å²) in [5.41, 5.74) is 10.2. The van der Waals surface area contributed by atoms with E-state index in [9.17, 15) is 9.59 Å². The van der Waals surface area contributed by atoms with Crippen molar-refractivity contribution in [2.45, 2.75) is 26.9 Å². The molecule has 6 nitrogen and oxygen atoms in total. The lowest BCUT2D eigenvalue weighted by Crippen LogP contribution is -2.36. The Balaban J connectivity index is 1.28. The van der Waals surface area contributed by atoms with E-state index >= 15 is 0 Å². The number of nitrogens with zero attached hydrogens (tertiary/aromatic N) is 1. The van der Waals surface area contributed by atoms with E-state index in [-0.39, 0.29) is 18.2 Å². The number of amides is 2. The Labute approximate surface area is 208 Å². The first-order valence-electron chi connectivity index (χ1n) is 10.9. The van der Waals surface area contributed by atoms with Crippen LogP contribution in [0.3, 0.4) is 0 Å². The molecule has 34 heavy (non-hydrogen) atoms. The summed E-state index contributed by atoms with van der Waals surface area (Å²) >= 11 is 12.1. The lowest BCUT2D eigenvalue weighted by atomic mass is 10.1. The molecule has 0 spiro atoms. The fourth-order valence-corrected chi connectivity index (χ4v) is 4.16. The van der Waals surface area contributed by atoms with Gasteiger partial charge in [0.25, 0.3) is 0 Å². The number of anilines is 2. The molecule has 0 unspecified atom stereocenters. The van der Waals surface area contributed by atoms with Gasteiger partial charge in [0.15, 0.2) is 0 Å². The second kappa shape index (κ2) is 10.4. The van der Waals surface area contributed by atoms with Gasteiger partial charge >= 0.3 is 0 Å². The first-order valence-corrected chi connectivity index (χ1v) is 11.7. The minimum atomic E-state index is -0.423. The van der Waals surface area contributed by atoms with Gasteiger partial charge < -0.3 is 9.64 Å². The molecule has 0 aliphatic carbocycles. The fourth-order valence-electron chi connectivity index (χ4n) is 3.70. The Morgan fingerprint density at radius 3 is 2.50 bits per heavy atom. The van der Waals surface area contributed by atoms with Gasteiger partial charge in [-0.25, -0.2) is 0 Å². The molecule has 2 N–H and O–H groups in total. The van der Waals surface area contributed by atoms with Crippen LogP contribution in [0.1, 0.15) is 23.1 Å². The normalized spacial score (nSPS) is 15.4. The highest BCUT2D eigenvalue weighted by Crippen LogP contribution is 2.27. The second-order valence-electron chi connectivity index (χ2n) is 8.34. The van der Waals surface area contributed by atoms with Gasteiger partial charge in [0, 0.05) is 34.3 Å². The van der Waals surface area contributed by atoms with Crippen LogP contribution in [0.15, 0.2) is 60.7 Å². The number of carbonyl (C=O) groups excluding carboxylic acids is 2. The van der Waals surface area contributed by atoms with Gasteiger partial charge in [-0.3, -0.25) is 20.4 Å². The molecule has 1 saturated heterocycles. The SMILES string of the molecule is Cc1ccc(N2C[C@H](C(=O)NNc3ccc(OCc4ccc(Cl)cc4Cl)cc3)CC2=O)cc1C. The van der Waals surface area contributed by atoms with Gasteiger partial charge in [-0.15, -0.1) is 0 Å². The van der Waals surface area contributed by atoms with Crippen LogP contribution < -0.4 is 20.5 Å². The van der Waals surface area contributed by atoms with Crippen molar-refractivity contribution in [1.82, 2.24) is 5.43 Å². The number of hydrogen-bond donors (Lipinski definition) is 2. The Morgan fingerprint density at radius 1 is 1.03 bits per heavy atom. The zero-order valence-electron chi connectivity index (χ0n) is 18.9. The molecule has 4 rings (SSSR count). The summed E-state index contributed by atoms with van der Waals surface area (Å²) in [5.74, 6) is -0.0373. The van der Waals surface area contributed by atoms with Gasteiger partial charge in [0.2, 0.25) is 11.8 Å². The van der Waals surface area contributed by atoms with Gasteiger partial charge in [0.05, 0.1) is 11.6 Å². The molecule has 3 aromatic carbocycles. The highest BCUT2D eigenvalue weighted by atomic mass is 35.5. The van der Waals surface area contributed by atoms with Crippen LogP contribution in [-0.2, 0) is 16.2 Å². The molecule has 3 aromatic rings. The Hall–Kier alpha value is -3.22. The van der Waals surface area contributed by atoms with Crippen LogP contribution in [0.25, 0.3) is 0 Å². The number of nitrogens with one attached hydrogen (secondary N) is 2. The summed E-state index contributed by atoms with van der Waals surface area (Å²) in [6.07, 6.45) is 0.181. The van der Waals surface area contributed by atoms with E-state index in [2.05, 4.69) is 10.9 Å². The van der Waals surface area contributed by atoms with Crippen molar-refractivity contribution >= 4 is 46.4 Å². The van der Waals surface area contributed by atoms with Crippen molar-refractivity contribution in [2.75, 3.05) is 16.9 Å². The van der Waals surface area contributed by atoms with E-state index in [1.54, 1.807) is 41.3 Å². The summed E-state index contributed by atoms with van der Waals surface area (Å²) in [7, 11) is 0.